The first-order chi connectivity index (χ1) is 27.1. The first kappa shape index (κ1) is 45.6. The molecule has 3 heterocycles. The summed E-state index contributed by atoms with van der Waals surface area (Å²) in [6, 6.07) is 13.2. The van der Waals surface area contributed by atoms with Crippen LogP contribution >= 0.6 is 0 Å². The molecule has 2 aromatic carbocycles. The molecule has 0 radical (unpaired) electrons. The van der Waals surface area contributed by atoms with Crippen LogP contribution in [0.25, 0.3) is 5.57 Å². The molecule has 1 aromatic heterocycles. The van der Waals surface area contributed by atoms with E-state index in [1.807, 2.05) is 64.1 Å². The summed E-state index contributed by atoms with van der Waals surface area (Å²) >= 11 is 0. The number of fused-ring (bicyclic) bond motifs is 2. The lowest BCUT2D eigenvalue weighted by atomic mass is 9.81. The standard InChI is InChI=1S/C44H58N5O8S2/c1-43(2)36-29-34(58(52,53)54)15-17-38(36)46(23-11-27-48(5,6)7)40(43)19-13-32(33-21-25-45(26-22-33)31-42(50)51)14-20-41-44(3,4)37-30-35(59(55,56)57)16-18-39(37)47(41)24-12-28-49(8,9)10/h13-22,25-26,29-30H,11-12,23-24,27-28,31H2,1-10H3/q+1/p+3. The Balaban J connectivity index is 1.69. The molecule has 0 aliphatic carbocycles. The van der Waals surface area contributed by atoms with Gasteiger partial charge in [-0.1, -0.05) is 19.9 Å². The number of quaternary nitrogens is 2. The molecule has 3 aromatic rings. The zero-order valence-electron chi connectivity index (χ0n) is 36.0. The van der Waals surface area contributed by atoms with Gasteiger partial charge < -0.3 is 19.0 Å². The van der Waals surface area contributed by atoms with E-state index in [1.165, 1.54) is 12.1 Å². The summed E-state index contributed by atoms with van der Waals surface area (Å²) in [6.45, 7) is 11.1. The molecular weight excluding hydrogens is 791 g/mol. The molecule has 2 aliphatic rings. The number of nitrogens with zero attached hydrogens (tertiary/aromatic N) is 5. The summed E-state index contributed by atoms with van der Waals surface area (Å²) in [5, 5.41) is 9.43. The zero-order valence-corrected chi connectivity index (χ0v) is 37.6. The number of allylic oxidation sites excluding steroid dienone is 6. The molecule has 3 N–H and O–H groups in total. The summed E-state index contributed by atoms with van der Waals surface area (Å²) in [5.41, 5.74) is 5.47. The fourth-order valence-corrected chi connectivity index (χ4v) is 9.03. The van der Waals surface area contributed by atoms with Gasteiger partial charge in [0, 0.05) is 59.6 Å². The second kappa shape index (κ2) is 16.5. The minimum absolute atomic E-state index is 0.165. The number of hydrogen-bond acceptors (Lipinski definition) is 6. The molecule has 5 rings (SSSR count). The Morgan fingerprint density at radius 1 is 0.780 bits per heavy atom. The number of carboxylic acids is 1. The van der Waals surface area contributed by atoms with Gasteiger partial charge in [0.15, 0.2) is 24.7 Å². The van der Waals surface area contributed by atoms with E-state index >= 15 is 0 Å². The zero-order chi connectivity index (χ0) is 43.9. The van der Waals surface area contributed by atoms with Gasteiger partial charge in [-0.05, 0) is 73.0 Å². The van der Waals surface area contributed by atoms with Crippen molar-refractivity contribution >= 4 is 48.9 Å². The second-order valence-corrected chi connectivity index (χ2v) is 21.5. The van der Waals surface area contributed by atoms with E-state index in [2.05, 4.69) is 51.8 Å². The maximum absolute atomic E-state index is 12.3. The smallest absolute Gasteiger partial charge is 0.370 e. The average molecular weight is 852 g/mol. The Kier molecular flexibility index (Phi) is 12.7. The van der Waals surface area contributed by atoms with E-state index in [0.29, 0.717) is 13.1 Å². The maximum Gasteiger partial charge on any atom is 0.370 e. The molecule has 0 spiro atoms. The van der Waals surface area contributed by atoms with Crippen molar-refractivity contribution in [2.75, 3.05) is 73.4 Å². The largest absolute Gasteiger partial charge is 0.477 e. The van der Waals surface area contributed by atoms with Crippen LogP contribution < -0.4 is 9.47 Å². The molecule has 0 saturated carbocycles. The number of benzene rings is 2. The highest BCUT2D eigenvalue weighted by Crippen LogP contribution is 2.49. The van der Waals surface area contributed by atoms with Gasteiger partial charge in [0.1, 0.15) is 0 Å². The number of anilines is 1. The van der Waals surface area contributed by atoms with Gasteiger partial charge in [0.05, 0.1) is 77.0 Å². The summed E-state index contributed by atoms with van der Waals surface area (Å²) < 4.78 is 74.3. The van der Waals surface area contributed by atoms with Gasteiger partial charge in [-0.3, -0.25) is 9.11 Å². The van der Waals surface area contributed by atoms with Gasteiger partial charge in [-0.15, -0.1) is 0 Å². The lowest BCUT2D eigenvalue weighted by Crippen LogP contribution is -2.37. The third kappa shape index (κ3) is 10.6. The van der Waals surface area contributed by atoms with Crippen molar-refractivity contribution in [1.82, 2.24) is 0 Å². The Labute approximate surface area is 350 Å². The van der Waals surface area contributed by atoms with Gasteiger partial charge in [-0.2, -0.15) is 26.0 Å². The molecule has 13 nitrogen and oxygen atoms in total. The minimum atomic E-state index is -4.44. The predicted molar refractivity (Wildman–Crippen MR) is 230 cm³/mol. The van der Waals surface area contributed by atoms with Crippen molar-refractivity contribution < 1.29 is 54.0 Å². The maximum atomic E-state index is 12.3. The Bertz CT molecular complexity index is 2470. The highest BCUT2D eigenvalue weighted by atomic mass is 32.2. The number of aliphatic carboxylic acids is 1. The van der Waals surface area contributed by atoms with E-state index in [0.717, 1.165) is 79.9 Å². The van der Waals surface area contributed by atoms with Crippen LogP contribution in [0.2, 0.25) is 0 Å². The number of hydrogen-bond donors (Lipinski definition) is 3. The van der Waals surface area contributed by atoms with Gasteiger partial charge >= 0.3 is 5.97 Å². The van der Waals surface area contributed by atoms with Crippen LogP contribution in [0.4, 0.5) is 11.4 Å². The summed E-state index contributed by atoms with van der Waals surface area (Å²) in [5.74, 6) is -0.962. The van der Waals surface area contributed by atoms with Crippen LogP contribution in [0.1, 0.15) is 57.2 Å². The Morgan fingerprint density at radius 3 is 1.90 bits per heavy atom. The second-order valence-electron chi connectivity index (χ2n) is 18.6. The molecular formula is C44H61N5O8S2+4. The van der Waals surface area contributed by atoms with Crippen LogP contribution in [0.15, 0.2) is 101 Å². The first-order valence-electron chi connectivity index (χ1n) is 19.7. The predicted octanol–water partition coefficient (Wildman–Crippen LogP) is 5.44. The minimum Gasteiger partial charge on any atom is -0.477 e. The van der Waals surface area contributed by atoms with E-state index in [-0.39, 0.29) is 16.3 Å². The fraction of sp³-hybridized carbons (Fsp3) is 0.432. The van der Waals surface area contributed by atoms with Crippen molar-refractivity contribution in [2.45, 2.75) is 67.7 Å². The molecule has 0 saturated heterocycles. The first-order valence-corrected chi connectivity index (χ1v) is 22.6. The number of aromatic nitrogens is 1. The van der Waals surface area contributed by atoms with Crippen LogP contribution in [0.3, 0.4) is 0 Å². The van der Waals surface area contributed by atoms with Crippen molar-refractivity contribution in [2.24, 2.45) is 0 Å². The monoisotopic (exact) mass is 851 g/mol. The molecule has 0 unspecified atom stereocenters. The SMILES string of the molecule is CC1(C)C(/C=C/C(=C/C=C2/N(CCC[N+](C)(C)C)c3ccc(S(=O)(=O)O)cc3C2(C)C)c2cc[n+](CC(=O)O)cc2)=[N+](CCC[N+](C)(C)C)c2ccc(S(=O)(=O)O)cc21. The lowest BCUT2D eigenvalue weighted by Gasteiger charge is -2.29. The Morgan fingerprint density at radius 2 is 1.34 bits per heavy atom. The van der Waals surface area contributed by atoms with Gasteiger partial charge in [0.2, 0.25) is 12.2 Å². The highest BCUT2D eigenvalue weighted by Gasteiger charge is 2.45. The fourth-order valence-electron chi connectivity index (χ4n) is 8.01. The van der Waals surface area contributed by atoms with Crippen molar-refractivity contribution in [3.8, 4) is 0 Å². The van der Waals surface area contributed by atoms with E-state index in [4.69, 9.17) is 0 Å². The van der Waals surface area contributed by atoms with Gasteiger partial charge in [0.25, 0.3) is 20.2 Å². The third-order valence-electron chi connectivity index (χ3n) is 11.1. The number of pyridine rings is 1. The third-order valence-corrected chi connectivity index (χ3v) is 12.8. The Hall–Kier alpha value is -4.51. The lowest BCUT2D eigenvalue weighted by molar-refractivity contribution is -0.871. The molecule has 59 heavy (non-hydrogen) atoms. The van der Waals surface area contributed by atoms with Crippen molar-refractivity contribution in [3.05, 3.63) is 108 Å². The summed E-state index contributed by atoms with van der Waals surface area (Å²) in [4.78, 5) is 13.4. The van der Waals surface area contributed by atoms with Crippen LogP contribution in [0, 0.1) is 0 Å². The van der Waals surface area contributed by atoms with E-state index in [1.54, 1.807) is 41.2 Å². The molecule has 2 aliphatic heterocycles. The number of rotatable bonds is 16. The van der Waals surface area contributed by atoms with E-state index in [9.17, 15) is 35.8 Å². The van der Waals surface area contributed by atoms with E-state index < -0.39 is 37.0 Å². The average Bonchev–Trinajstić information content (AvgIpc) is 3.44. The van der Waals surface area contributed by atoms with Crippen molar-refractivity contribution in [1.29, 1.82) is 0 Å². The number of carbonyl (C=O) groups is 1. The normalized spacial score (nSPS) is 17.6. The molecule has 0 atom stereocenters. The topological polar surface area (TPSA) is 156 Å². The quantitative estimate of drug-likeness (QED) is 0.0740. The van der Waals surface area contributed by atoms with Crippen molar-refractivity contribution in [3.63, 3.8) is 0 Å². The molecule has 318 valence electrons. The van der Waals surface area contributed by atoms with Crippen LogP contribution in [0.5, 0.6) is 0 Å². The molecule has 0 fully saturated rings. The van der Waals surface area contributed by atoms with Gasteiger partial charge in [-0.25, -0.2) is 4.79 Å². The van der Waals surface area contributed by atoms with Crippen LogP contribution in [-0.2, 0) is 42.4 Å². The summed E-state index contributed by atoms with van der Waals surface area (Å²) in [7, 11) is 3.94. The molecule has 0 amide bonds. The number of carboxylic acid groups (broad SMARTS) is 1. The summed E-state index contributed by atoms with van der Waals surface area (Å²) in [6.07, 6.45) is 13.3. The van der Waals surface area contributed by atoms with Crippen LogP contribution in [-0.4, -0.2) is 125 Å². The highest BCUT2D eigenvalue weighted by molar-refractivity contribution is 7.86. The molecule has 15 heteroatoms. The molecule has 0 bridgehead atoms.